The van der Waals surface area contributed by atoms with Crippen LogP contribution in [0.2, 0.25) is 5.02 Å². The van der Waals surface area contributed by atoms with Crippen molar-refractivity contribution < 1.29 is 13.2 Å². The summed E-state index contributed by atoms with van der Waals surface area (Å²) in [6.07, 6.45) is 2.83. The number of ether oxygens (including phenoxy) is 1. The molecular formula is C16H19ClN4O3S. The van der Waals surface area contributed by atoms with Crippen LogP contribution in [0.4, 0.5) is 5.95 Å². The predicted molar refractivity (Wildman–Crippen MR) is 96.6 cm³/mol. The van der Waals surface area contributed by atoms with Crippen LogP contribution in [0, 0.1) is 6.92 Å². The molecule has 1 saturated heterocycles. The first-order valence-electron chi connectivity index (χ1n) is 7.83. The molecule has 25 heavy (non-hydrogen) atoms. The fourth-order valence-corrected chi connectivity index (χ4v) is 3.57. The minimum Gasteiger partial charge on any atom is -0.378 e. The van der Waals surface area contributed by atoms with Crippen molar-refractivity contribution in [3.63, 3.8) is 0 Å². The summed E-state index contributed by atoms with van der Waals surface area (Å²) in [6.45, 7) is 4.33. The summed E-state index contributed by atoms with van der Waals surface area (Å²) in [6, 6.07) is 3.41. The van der Waals surface area contributed by atoms with Crippen molar-refractivity contribution in [2.45, 2.75) is 12.7 Å². The van der Waals surface area contributed by atoms with Gasteiger partial charge in [-0.25, -0.2) is 18.4 Å². The van der Waals surface area contributed by atoms with Crippen molar-refractivity contribution in [1.29, 1.82) is 0 Å². The number of halogens is 1. The Bertz CT molecular complexity index is 883. The lowest BCUT2D eigenvalue weighted by Crippen LogP contribution is -2.37. The van der Waals surface area contributed by atoms with Gasteiger partial charge in [-0.2, -0.15) is 0 Å². The van der Waals surface area contributed by atoms with E-state index in [2.05, 4.69) is 15.0 Å². The van der Waals surface area contributed by atoms with Crippen LogP contribution in [-0.4, -0.2) is 55.9 Å². The van der Waals surface area contributed by atoms with Crippen molar-refractivity contribution in [2.75, 3.05) is 37.5 Å². The maximum atomic E-state index is 11.7. The molecule has 1 aliphatic heterocycles. The number of aromatic nitrogens is 3. The molecule has 0 aliphatic carbocycles. The summed E-state index contributed by atoms with van der Waals surface area (Å²) in [4.78, 5) is 15.3. The van der Waals surface area contributed by atoms with Gasteiger partial charge < -0.3 is 9.64 Å². The molecule has 0 unspecified atom stereocenters. The number of anilines is 1. The lowest BCUT2D eigenvalue weighted by atomic mass is 10.1. The van der Waals surface area contributed by atoms with E-state index in [0.717, 1.165) is 5.69 Å². The summed E-state index contributed by atoms with van der Waals surface area (Å²) >= 11 is 6.34. The lowest BCUT2D eigenvalue weighted by molar-refractivity contribution is 0.122. The van der Waals surface area contributed by atoms with Gasteiger partial charge in [0.2, 0.25) is 5.95 Å². The number of hydrogen-bond acceptors (Lipinski definition) is 7. The minimum absolute atomic E-state index is 0.156. The first-order chi connectivity index (χ1) is 11.8. The quantitative estimate of drug-likeness (QED) is 0.797. The fraction of sp³-hybridized carbons (Fsp3) is 0.438. The van der Waals surface area contributed by atoms with Gasteiger partial charge in [0.1, 0.15) is 0 Å². The minimum atomic E-state index is -3.22. The highest BCUT2D eigenvalue weighted by atomic mass is 35.5. The molecule has 0 radical (unpaired) electrons. The zero-order valence-electron chi connectivity index (χ0n) is 14.1. The highest BCUT2D eigenvalue weighted by Crippen LogP contribution is 2.28. The van der Waals surface area contributed by atoms with Crippen LogP contribution in [-0.2, 0) is 20.3 Å². The van der Waals surface area contributed by atoms with Crippen LogP contribution in [0.5, 0.6) is 0 Å². The Morgan fingerprint density at radius 3 is 2.60 bits per heavy atom. The van der Waals surface area contributed by atoms with Crippen molar-refractivity contribution >= 4 is 27.4 Å². The van der Waals surface area contributed by atoms with Crippen LogP contribution in [0.3, 0.4) is 0 Å². The van der Waals surface area contributed by atoms with Gasteiger partial charge in [-0.15, -0.1) is 0 Å². The molecule has 1 aliphatic rings. The molecule has 2 aromatic rings. The van der Waals surface area contributed by atoms with E-state index in [0.29, 0.717) is 54.2 Å². The van der Waals surface area contributed by atoms with Crippen molar-refractivity contribution in [3.8, 4) is 11.3 Å². The highest BCUT2D eigenvalue weighted by molar-refractivity contribution is 7.89. The molecule has 9 heteroatoms. The summed E-state index contributed by atoms with van der Waals surface area (Å²) in [5.74, 6) is 0.327. The monoisotopic (exact) mass is 382 g/mol. The second kappa shape index (κ2) is 7.23. The van der Waals surface area contributed by atoms with Crippen LogP contribution in [0.15, 0.2) is 18.3 Å². The van der Waals surface area contributed by atoms with E-state index >= 15 is 0 Å². The molecule has 134 valence electrons. The Kier molecular flexibility index (Phi) is 5.21. The average molecular weight is 383 g/mol. The van der Waals surface area contributed by atoms with Crippen LogP contribution >= 0.6 is 11.6 Å². The first kappa shape index (κ1) is 18.0. The third kappa shape index (κ3) is 4.65. The van der Waals surface area contributed by atoms with E-state index in [1.54, 1.807) is 18.3 Å². The van der Waals surface area contributed by atoms with Gasteiger partial charge in [-0.05, 0) is 19.1 Å². The SMILES string of the molecule is Cc1cc(Cl)c(-c2cc(CS(C)(=O)=O)nc(N3CCOCC3)n2)cn1. The van der Waals surface area contributed by atoms with Gasteiger partial charge >= 0.3 is 0 Å². The van der Waals surface area contributed by atoms with E-state index in [4.69, 9.17) is 16.3 Å². The van der Waals surface area contributed by atoms with Gasteiger partial charge in [-0.1, -0.05) is 11.6 Å². The van der Waals surface area contributed by atoms with Gasteiger partial charge in [0.15, 0.2) is 9.84 Å². The molecule has 0 bridgehead atoms. The second-order valence-corrected chi connectivity index (χ2v) is 8.57. The maximum absolute atomic E-state index is 11.7. The Labute approximate surface area is 151 Å². The number of morpholine rings is 1. The van der Waals surface area contributed by atoms with E-state index in [9.17, 15) is 8.42 Å². The predicted octanol–water partition coefficient (Wildman–Crippen LogP) is 1.88. The largest absolute Gasteiger partial charge is 0.378 e. The molecule has 0 atom stereocenters. The first-order valence-corrected chi connectivity index (χ1v) is 10.3. The molecule has 0 N–H and O–H groups in total. The van der Waals surface area contributed by atoms with Crippen molar-refractivity contribution in [2.24, 2.45) is 0 Å². The van der Waals surface area contributed by atoms with Crippen molar-refractivity contribution in [1.82, 2.24) is 15.0 Å². The zero-order valence-corrected chi connectivity index (χ0v) is 15.6. The molecule has 7 nitrogen and oxygen atoms in total. The molecule has 1 fully saturated rings. The molecule has 0 aromatic carbocycles. The second-order valence-electron chi connectivity index (χ2n) is 6.02. The molecule has 3 rings (SSSR count). The van der Waals surface area contributed by atoms with E-state index in [1.807, 2.05) is 11.8 Å². The summed E-state index contributed by atoms with van der Waals surface area (Å²) < 4.78 is 28.8. The Hall–Kier alpha value is -1.77. The maximum Gasteiger partial charge on any atom is 0.226 e. The Balaban J connectivity index is 2.08. The number of pyridine rings is 1. The third-order valence-electron chi connectivity index (χ3n) is 3.74. The Morgan fingerprint density at radius 2 is 1.96 bits per heavy atom. The summed E-state index contributed by atoms with van der Waals surface area (Å²) in [7, 11) is -3.22. The lowest BCUT2D eigenvalue weighted by Gasteiger charge is -2.27. The standard InChI is InChI=1S/C16H19ClN4O3S/c1-11-7-14(17)13(9-18-11)15-8-12(10-25(2,22)23)19-16(20-15)21-3-5-24-6-4-21/h7-9H,3-6,10H2,1-2H3. The van der Waals surface area contributed by atoms with Gasteiger partial charge in [0.25, 0.3) is 0 Å². The van der Waals surface area contributed by atoms with Crippen LogP contribution in [0.1, 0.15) is 11.4 Å². The number of hydrogen-bond donors (Lipinski definition) is 0. The van der Waals surface area contributed by atoms with E-state index in [-0.39, 0.29) is 5.75 Å². The van der Waals surface area contributed by atoms with Crippen molar-refractivity contribution in [3.05, 3.63) is 34.7 Å². The van der Waals surface area contributed by atoms with Crippen LogP contribution in [0.25, 0.3) is 11.3 Å². The summed E-state index contributed by atoms with van der Waals surface area (Å²) in [5.41, 5.74) is 2.45. The molecule has 3 heterocycles. The van der Waals surface area contributed by atoms with Gasteiger partial charge in [-0.3, -0.25) is 4.98 Å². The zero-order chi connectivity index (χ0) is 18.0. The Morgan fingerprint density at radius 1 is 1.24 bits per heavy atom. The number of sulfone groups is 1. The smallest absolute Gasteiger partial charge is 0.226 e. The van der Waals surface area contributed by atoms with Gasteiger partial charge in [0.05, 0.1) is 35.4 Å². The number of aryl methyl sites for hydroxylation is 1. The molecule has 0 saturated carbocycles. The third-order valence-corrected chi connectivity index (χ3v) is 4.87. The molecule has 0 amide bonds. The average Bonchev–Trinajstić information content (AvgIpc) is 2.53. The van der Waals surface area contributed by atoms with E-state index < -0.39 is 9.84 Å². The topological polar surface area (TPSA) is 85.3 Å². The molecular weight excluding hydrogens is 364 g/mol. The van der Waals surface area contributed by atoms with E-state index in [1.165, 1.54) is 6.26 Å². The highest BCUT2D eigenvalue weighted by Gasteiger charge is 2.19. The summed E-state index contributed by atoms with van der Waals surface area (Å²) in [5, 5.41) is 0.518. The van der Waals surface area contributed by atoms with Crippen LogP contribution < -0.4 is 4.90 Å². The number of nitrogens with zero attached hydrogens (tertiary/aromatic N) is 4. The molecule has 2 aromatic heterocycles. The number of rotatable bonds is 4. The van der Waals surface area contributed by atoms with Gasteiger partial charge in [0, 0.05) is 36.8 Å². The molecule has 0 spiro atoms. The normalized spacial score (nSPS) is 15.4. The fourth-order valence-electron chi connectivity index (χ4n) is 2.58.